The van der Waals surface area contributed by atoms with Gasteiger partial charge >= 0.3 is 6.03 Å². The van der Waals surface area contributed by atoms with E-state index in [-0.39, 0.29) is 17.7 Å². The first-order chi connectivity index (χ1) is 16.4. The molecule has 2 N–H and O–H groups in total. The van der Waals surface area contributed by atoms with Crippen molar-refractivity contribution in [2.75, 3.05) is 27.3 Å². The molecule has 2 heterocycles. The molecular formula is C26H31N3O5. The molecule has 180 valence electrons. The zero-order chi connectivity index (χ0) is 24.1. The van der Waals surface area contributed by atoms with Crippen molar-refractivity contribution in [1.29, 1.82) is 0 Å². The number of imide groups is 1. The lowest BCUT2D eigenvalue weighted by Gasteiger charge is -2.40. The summed E-state index contributed by atoms with van der Waals surface area (Å²) in [6.07, 6.45) is 3.43. The van der Waals surface area contributed by atoms with E-state index < -0.39 is 11.6 Å². The summed E-state index contributed by atoms with van der Waals surface area (Å²) in [5, 5.41) is 5.38. The maximum absolute atomic E-state index is 13.2. The van der Waals surface area contributed by atoms with Gasteiger partial charge in [0.1, 0.15) is 17.0 Å². The first-order valence-corrected chi connectivity index (χ1v) is 11.6. The van der Waals surface area contributed by atoms with Gasteiger partial charge in [-0.3, -0.25) is 14.9 Å². The average molecular weight is 466 g/mol. The molecule has 0 aliphatic carbocycles. The van der Waals surface area contributed by atoms with Gasteiger partial charge in [-0.1, -0.05) is 30.3 Å². The number of likely N-dealkylation sites (tertiary alicyclic amines) is 1. The zero-order valence-corrected chi connectivity index (χ0v) is 19.6. The van der Waals surface area contributed by atoms with Gasteiger partial charge in [0.05, 0.1) is 14.2 Å². The van der Waals surface area contributed by atoms with Crippen LogP contribution in [0, 0.1) is 5.92 Å². The van der Waals surface area contributed by atoms with E-state index in [1.807, 2.05) is 18.2 Å². The van der Waals surface area contributed by atoms with Gasteiger partial charge < -0.3 is 19.7 Å². The Bertz CT molecular complexity index is 1030. The third-order valence-corrected chi connectivity index (χ3v) is 6.93. The van der Waals surface area contributed by atoms with Crippen molar-refractivity contribution in [3.63, 3.8) is 0 Å². The molecule has 34 heavy (non-hydrogen) atoms. The molecule has 2 fully saturated rings. The number of carbonyl (C=O) groups is 3. The van der Waals surface area contributed by atoms with Crippen LogP contribution < -0.4 is 20.1 Å². The molecule has 2 aromatic rings. The van der Waals surface area contributed by atoms with Crippen molar-refractivity contribution >= 4 is 17.8 Å². The number of nitrogens with zero attached hydrogens (tertiary/aromatic N) is 1. The summed E-state index contributed by atoms with van der Waals surface area (Å²) in [4.78, 5) is 40.0. The molecule has 0 radical (unpaired) electrons. The molecule has 8 nitrogen and oxygen atoms in total. The summed E-state index contributed by atoms with van der Waals surface area (Å²) in [5.74, 6) is 0.709. The maximum atomic E-state index is 13.2. The van der Waals surface area contributed by atoms with E-state index in [1.165, 1.54) is 5.56 Å². The Labute approximate surface area is 199 Å². The van der Waals surface area contributed by atoms with E-state index >= 15 is 0 Å². The van der Waals surface area contributed by atoms with Crippen LogP contribution in [0.4, 0.5) is 4.79 Å². The largest absolute Gasteiger partial charge is 0.497 e. The SMILES string of the molecule is COc1cc(OC)cc(C(=O)N2CCC(C3(CCCc4ccccc4)NC(=O)NC3=O)CC2)c1. The van der Waals surface area contributed by atoms with Crippen LogP contribution in [0.5, 0.6) is 11.5 Å². The monoisotopic (exact) mass is 465 g/mol. The number of rotatable bonds is 8. The number of aryl methyl sites for hydroxylation is 1. The molecule has 0 saturated carbocycles. The summed E-state index contributed by atoms with van der Waals surface area (Å²) < 4.78 is 10.6. The quantitative estimate of drug-likeness (QED) is 0.584. The van der Waals surface area contributed by atoms with Gasteiger partial charge in [0, 0.05) is 24.7 Å². The molecule has 2 saturated heterocycles. The molecule has 4 amide bonds. The highest BCUT2D eigenvalue weighted by atomic mass is 16.5. The highest BCUT2D eigenvalue weighted by Gasteiger charge is 2.51. The minimum atomic E-state index is -0.930. The van der Waals surface area contributed by atoms with E-state index in [9.17, 15) is 14.4 Å². The third-order valence-electron chi connectivity index (χ3n) is 6.93. The van der Waals surface area contributed by atoms with E-state index in [1.54, 1.807) is 37.3 Å². The van der Waals surface area contributed by atoms with E-state index in [0.29, 0.717) is 49.4 Å². The number of hydrogen-bond donors (Lipinski definition) is 2. The molecule has 2 aliphatic heterocycles. The Hall–Kier alpha value is -3.55. The molecule has 8 heteroatoms. The van der Waals surface area contributed by atoms with Gasteiger partial charge in [0.25, 0.3) is 11.8 Å². The van der Waals surface area contributed by atoms with Crippen LogP contribution in [-0.2, 0) is 11.2 Å². The molecule has 4 rings (SSSR count). The first-order valence-electron chi connectivity index (χ1n) is 11.6. The number of benzene rings is 2. The van der Waals surface area contributed by atoms with Gasteiger partial charge in [-0.05, 0) is 55.7 Å². The Kier molecular flexibility index (Phi) is 7.05. The lowest BCUT2D eigenvalue weighted by atomic mass is 9.74. The van der Waals surface area contributed by atoms with Gasteiger partial charge in [0.15, 0.2) is 0 Å². The molecule has 1 atom stereocenters. The number of methoxy groups -OCH3 is 2. The highest BCUT2D eigenvalue weighted by molar-refractivity contribution is 6.07. The minimum absolute atomic E-state index is 0.0429. The van der Waals surface area contributed by atoms with Crippen LogP contribution in [0.15, 0.2) is 48.5 Å². The second kappa shape index (κ2) is 10.2. The number of hydrogen-bond acceptors (Lipinski definition) is 5. The highest BCUT2D eigenvalue weighted by Crippen LogP contribution is 2.35. The van der Waals surface area contributed by atoms with Crippen LogP contribution in [0.3, 0.4) is 0 Å². The molecule has 1 unspecified atom stereocenters. The van der Waals surface area contributed by atoms with Crippen molar-refractivity contribution in [2.45, 2.75) is 37.6 Å². The number of nitrogens with one attached hydrogen (secondary N) is 2. The van der Waals surface area contributed by atoms with Crippen molar-refractivity contribution in [3.8, 4) is 11.5 Å². The molecule has 0 aromatic heterocycles. The summed E-state index contributed by atoms with van der Waals surface area (Å²) in [6, 6.07) is 14.8. The number of ether oxygens (including phenoxy) is 2. The fourth-order valence-electron chi connectivity index (χ4n) is 5.08. The summed E-state index contributed by atoms with van der Waals surface area (Å²) in [5.41, 5.74) is 0.774. The predicted molar refractivity (Wildman–Crippen MR) is 127 cm³/mol. The fraction of sp³-hybridized carbons (Fsp3) is 0.423. The van der Waals surface area contributed by atoms with Gasteiger partial charge in [-0.2, -0.15) is 0 Å². The molecule has 2 aromatic carbocycles. The minimum Gasteiger partial charge on any atom is -0.497 e. The second-order valence-electron chi connectivity index (χ2n) is 8.89. The number of urea groups is 1. The van der Waals surface area contributed by atoms with Crippen molar-refractivity contribution in [3.05, 3.63) is 59.7 Å². The van der Waals surface area contributed by atoms with Crippen LogP contribution in [0.25, 0.3) is 0 Å². The summed E-state index contributed by atoms with van der Waals surface area (Å²) in [7, 11) is 3.10. The van der Waals surface area contributed by atoms with Crippen molar-refractivity contribution < 1.29 is 23.9 Å². The second-order valence-corrected chi connectivity index (χ2v) is 8.89. The van der Waals surface area contributed by atoms with Crippen LogP contribution in [-0.4, -0.2) is 55.6 Å². The van der Waals surface area contributed by atoms with E-state index in [4.69, 9.17) is 9.47 Å². The van der Waals surface area contributed by atoms with E-state index in [0.717, 1.165) is 12.8 Å². The zero-order valence-electron chi connectivity index (χ0n) is 19.6. The molecule has 2 aliphatic rings. The fourth-order valence-corrected chi connectivity index (χ4v) is 5.08. The van der Waals surface area contributed by atoms with Crippen LogP contribution in [0.2, 0.25) is 0 Å². The Balaban J connectivity index is 1.43. The Morgan fingerprint density at radius 3 is 2.24 bits per heavy atom. The molecular weight excluding hydrogens is 434 g/mol. The van der Waals surface area contributed by atoms with Crippen molar-refractivity contribution in [2.24, 2.45) is 5.92 Å². The lowest BCUT2D eigenvalue weighted by Crippen LogP contribution is -2.56. The summed E-state index contributed by atoms with van der Waals surface area (Å²) >= 11 is 0. The third kappa shape index (κ3) is 4.85. The van der Waals surface area contributed by atoms with Crippen LogP contribution >= 0.6 is 0 Å². The standard InChI is InChI=1S/C26H31N3O5/c1-33-21-15-19(16-22(17-21)34-2)23(30)29-13-10-20(11-14-29)26(24(31)27-25(32)28-26)12-6-9-18-7-4-3-5-8-18/h3-5,7-8,15-17,20H,6,9-14H2,1-2H3,(H2,27,28,31,32). The normalized spacial score (nSPS) is 20.6. The van der Waals surface area contributed by atoms with Gasteiger partial charge in [-0.25, -0.2) is 4.79 Å². The van der Waals surface area contributed by atoms with Crippen molar-refractivity contribution in [1.82, 2.24) is 15.5 Å². The van der Waals surface area contributed by atoms with E-state index in [2.05, 4.69) is 22.8 Å². The average Bonchev–Trinajstić information content (AvgIpc) is 3.17. The Morgan fingerprint density at radius 2 is 1.68 bits per heavy atom. The van der Waals surface area contributed by atoms with Crippen LogP contribution in [0.1, 0.15) is 41.6 Å². The first kappa shape index (κ1) is 23.6. The number of amides is 4. The predicted octanol–water partition coefficient (Wildman–Crippen LogP) is 3.16. The lowest BCUT2D eigenvalue weighted by molar-refractivity contribution is -0.127. The smallest absolute Gasteiger partial charge is 0.322 e. The number of piperidine rings is 1. The topological polar surface area (TPSA) is 97.0 Å². The maximum Gasteiger partial charge on any atom is 0.322 e. The Morgan fingerprint density at radius 1 is 1.03 bits per heavy atom. The molecule has 0 bridgehead atoms. The summed E-state index contributed by atoms with van der Waals surface area (Å²) in [6.45, 7) is 1.01. The van der Waals surface area contributed by atoms with Gasteiger partial charge in [-0.15, -0.1) is 0 Å². The number of carbonyl (C=O) groups excluding carboxylic acids is 3. The molecule has 0 spiro atoms. The van der Waals surface area contributed by atoms with Gasteiger partial charge in [0.2, 0.25) is 0 Å².